The summed E-state index contributed by atoms with van der Waals surface area (Å²) in [4.78, 5) is 36.2. The van der Waals surface area contributed by atoms with Crippen LogP contribution in [0.3, 0.4) is 0 Å². The topological polar surface area (TPSA) is 120 Å². The van der Waals surface area contributed by atoms with Gasteiger partial charge in [0.05, 0.1) is 24.9 Å². The highest BCUT2D eigenvalue weighted by Gasteiger charge is 2.62. The minimum atomic E-state index is -1.12. The number of nitriles is 1. The van der Waals surface area contributed by atoms with Gasteiger partial charge in [-0.15, -0.1) is 0 Å². The van der Waals surface area contributed by atoms with Crippen LogP contribution in [-0.4, -0.2) is 41.5 Å². The van der Waals surface area contributed by atoms with Crippen LogP contribution in [-0.2, 0) is 20.9 Å². The van der Waals surface area contributed by atoms with Crippen molar-refractivity contribution < 1.29 is 14.3 Å². The average molecular weight is 418 g/mol. The molecule has 9 nitrogen and oxygen atoms in total. The summed E-state index contributed by atoms with van der Waals surface area (Å²) >= 11 is 0. The third-order valence-electron chi connectivity index (χ3n) is 6.19. The molecule has 2 N–H and O–H groups in total. The summed E-state index contributed by atoms with van der Waals surface area (Å²) in [5, 5.41) is 16.0. The number of anilines is 3. The van der Waals surface area contributed by atoms with E-state index in [9.17, 15) is 14.9 Å². The Morgan fingerprint density at radius 1 is 1.19 bits per heavy atom. The van der Waals surface area contributed by atoms with Crippen LogP contribution in [0.2, 0.25) is 0 Å². The molecule has 6 bridgehead atoms. The molecule has 2 amide bonds. The quantitative estimate of drug-likeness (QED) is 0.724. The third kappa shape index (κ3) is 3.49. The molecule has 158 valence electrons. The first-order valence-electron chi connectivity index (χ1n) is 10.4. The molecule has 2 aliphatic heterocycles. The lowest BCUT2D eigenvalue weighted by atomic mass is 9.75. The SMILES string of the molecule is N#C[C@]1(C2CC2)C(=O)N2C[C@H]1COCC(=O)NCc1cccc(n1)Nc1cc2ccn1. The Morgan fingerprint density at radius 2 is 2.06 bits per heavy atom. The Morgan fingerprint density at radius 3 is 2.87 bits per heavy atom. The minimum Gasteiger partial charge on any atom is -0.371 e. The van der Waals surface area contributed by atoms with Crippen molar-refractivity contribution in [3.05, 3.63) is 42.2 Å². The van der Waals surface area contributed by atoms with Gasteiger partial charge in [0.15, 0.2) is 0 Å². The van der Waals surface area contributed by atoms with Crippen molar-refractivity contribution >= 4 is 29.1 Å². The standard InChI is InChI=1S/C22H22N6O3/c23-13-22(14-4-5-14)15-10-28(21(22)30)17-6-7-24-19(8-17)27-18-3-1-2-16(26-18)9-25-20(29)12-31-11-15/h1-3,6-8,14-15H,4-5,9-12H2,(H,25,29)(H,24,26,27)/t15-,22+/m0/s1. The van der Waals surface area contributed by atoms with Gasteiger partial charge in [-0.05, 0) is 37.0 Å². The molecule has 2 aromatic heterocycles. The van der Waals surface area contributed by atoms with Gasteiger partial charge >= 0.3 is 0 Å². The number of rotatable bonds is 1. The van der Waals surface area contributed by atoms with Crippen LogP contribution in [0.5, 0.6) is 0 Å². The largest absolute Gasteiger partial charge is 0.371 e. The van der Waals surface area contributed by atoms with Crippen molar-refractivity contribution in [3.63, 3.8) is 0 Å². The predicted molar refractivity (Wildman–Crippen MR) is 111 cm³/mol. The molecule has 5 rings (SSSR count). The summed E-state index contributed by atoms with van der Waals surface area (Å²) in [7, 11) is 0. The van der Waals surface area contributed by atoms with Crippen LogP contribution in [0.1, 0.15) is 18.5 Å². The highest BCUT2D eigenvalue weighted by molar-refractivity contribution is 6.03. The Bertz CT molecular complexity index is 1080. The molecule has 0 radical (unpaired) electrons. The van der Waals surface area contributed by atoms with Gasteiger partial charge in [-0.2, -0.15) is 5.26 Å². The molecule has 0 spiro atoms. The van der Waals surface area contributed by atoms with Gasteiger partial charge < -0.3 is 20.3 Å². The number of amides is 2. The maximum atomic E-state index is 13.5. The highest BCUT2D eigenvalue weighted by atomic mass is 16.5. The van der Waals surface area contributed by atoms with Gasteiger partial charge in [-0.25, -0.2) is 9.97 Å². The van der Waals surface area contributed by atoms with Crippen LogP contribution in [0.25, 0.3) is 0 Å². The molecule has 1 saturated heterocycles. The Labute approximate surface area is 179 Å². The first kappa shape index (κ1) is 19.5. The Balaban J connectivity index is 1.53. The van der Waals surface area contributed by atoms with Crippen molar-refractivity contribution in [2.24, 2.45) is 17.3 Å². The molecule has 2 atom stereocenters. The van der Waals surface area contributed by atoms with E-state index in [0.29, 0.717) is 29.6 Å². The summed E-state index contributed by atoms with van der Waals surface area (Å²) in [5.41, 5.74) is 0.249. The van der Waals surface area contributed by atoms with Gasteiger partial charge in [0, 0.05) is 30.4 Å². The van der Waals surface area contributed by atoms with Gasteiger partial charge in [-0.1, -0.05) is 6.07 Å². The molecule has 2 fully saturated rings. The maximum Gasteiger partial charge on any atom is 0.248 e. The highest BCUT2D eigenvalue weighted by Crippen LogP contribution is 2.54. The van der Waals surface area contributed by atoms with Crippen LogP contribution < -0.4 is 15.5 Å². The second-order valence-corrected chi connectivity index (χ2v) is 8.20. The zero-order valence-corrected chi connectivity index (χ0v) is 16.9. The molecule has 31 heavy (non-hydrogen) atoms. The number of ether oxygens (including phenoxy) is 1. The summed E-state index contributed by atoms with van der Waals surface area (Å²) < 4.78 is 5.68. The van der Waals surface area contributed by atoms with E-state index >= 15 is 0 Å². The fourth-order valence-corrected chi connectivity index (χ4v) is 4.50. The zero-order valence-electron chi connectivity index (χ0n) is 16.9. The van der Waals surface area contributed by atoms with Crippen molar-refractivity contribution in [2.75, 3.05) is 30.0 Å². The number of nitrogens with one attached hydrogen (secondary N) is 2. The van der Waals surface area contributed by atoms with Gasteiger partial charge in [0.25, 0.3) is 0 Å². The Hall–Kier alpha value is -3.51. The van der Waals surface area contributed by atoms with E-state index < -0.39 is 5.41 Å². The molecule has 1 saturated carbocycles. The lowest BCUT2D eigenvalue weighted by Crippen LogP contribution is -2.39. The number of pyridine rings is 2. The van der Waals surface area contributed by atoms with Crippen molar-refractivity contribution in [3.8, 4) is 6.07 Å². The molecular formula is C22H22N6O3. The lowest BCUT2D eigenvalue weighted by molar-refractivity contribution is -0.128. The third-order valence-corrected chi connectivity index (χ3v) is 6.19. The van der Waals surface area contributed by atoms with E-state index in [4.69, 9.17) is 4.74 Å². The summed E-state index contributed by atoms with van der Waals surface area (Å²) in [5.74, 6) is 0.378. The van der Waals surface area contributed by atoms with Crippen LogP contribution in [0.4, 0.5) is 17.3 Å². The number of nitrogens with zero attached hydrogens (tertiary/aromatic N) is 4. The predicted octanol–water partition coefficient (Wildman–Crippen LogP) is 1.75. The van der Waals surface area contributed by atoms with Crippen molar-refractivity contribution in [1.82, 2.24) is 15.3 Å². The van der Waals surface area contributed by atoms with E-state index in [2.05, 4.69) is 26.7 Å². The van der Waals surface area contributed by atoms with Gasteiger partial charge in [0.1, 0.15) is 23.7 Å². The van der Waals surface area contributed by atoms with Gasteiger partial charge in [-0.3, -0.25) is 9.59 Å². The van der Waals surface area contributed by atoms with Crippen LogP contribution in [0, 0.1) is 28.6 Å². The summed E-state index contributed by atoms with van der Waals surface area (Å²) in [6.07, 6.45) is 3.34. The fourth-order valence-electron chi connectivity index (χ4n) is 4.50. The second kappa shape index (κ2) is 7.63. The number of carbonyl (C=O) groups is 2. The normalized spacial score (nSPS) is 26.0. The number of hydrogen-bond acceptors (Lipinski definition) is 7. The van der Waals surface area contributed by atoms with E-state index in [0.717, 1.165) is 12.8 Å². The molecule has 2 aromatic rings. The molecule has 4 heterocycles. The molecule has 1 aliphatic carbocycles. The smallest absolute Gasteiger partial charge is 0.248 e. The molecular weight excluding hydrogens is 396 g/mol. The number of carbonyl (C=O) groups excluding carboxylic acids is 2. The van der Waals surface area contributed by atoms with Crippen LogP contribution in [0.15, 0.2) is 36.5 Å². The molecule has 0 unspecified atom stereocenters. The van der Waals surface area contributed by atoms with E-state index in [1.807, 2.05) is 12.1 Å². The average Bonchev–Trinajstić information content (AvgIpc) is 3.58. The zero-order chi connectivity index (χ0) is 21.4. The number of aromatic nitrogens is 2. The van der Waals surface area contributed by atoms with E-state index in [1.165, 1.54) is 0 Å². The first-order chi connectivity index (χ1) is 15.1. The van der Waals surface area contributed by atoms with Crippen molar-refractivity contribution in [2.45, 2.75) is 19.4 Å². The summed E-state index contributed by atoms with van der Waals surface area (Å²) in [6, 6.07) is 11.4. The first-order valence-corrected chi connectivity index (χ1v) is 10.4. The van der Waals surface area contributed by atoms with E-state index in [-0.39, 0.29) is 43.4 Å². The maximum absolute atomic E-state index is 13.5. The van der Waals surface area contributed by atoms with Crippen molar-refractivity contribution in [1.29, 1.82) is 5.26 Å². The van der Waals surface area contributed by atoms with E-state index in [1.54, 1.807) is 29.3 Å². The number of fused-ring (bicyclic) bond motifs is 7. The number of hydrogen-bond donors (Lipinski definition) is 2. The lowest BCUT2D eigenvalue weighted by Gasteiger charge is -2.25. The van der Waals surface area contributed by atoms with Crippen LogP contribution >= 0.6 is 0 Å². The monoisotopic (exact) mass is 418 g/mol. The minimum absolute atomic E-state index is 0.0321. The molecule has 0 aromatic carbocycles. The fraction of sp³-hybridized carbons (Fsp3) is 0.409. The second-order valence-electron chi connectivity index (χ2n) is 8.20. The molecule has 3 aliphatic rings. The Kier molecular flexibility index (Phi) is 4.79. The van der Waals surface area contributed by atoms with Gasteiger partial charge in [0.2, 0.25) is 11.8 Å². The summed E-state index contributed by atoms with van der Waals surface area (Å²) in [6.45, 7) is 0.671. The molecule has 9 heteroatoms.